The second kappa shape index (κ2) is 7.37. The number of oxazole rings is 1. The van der Waals surface area contributed by atoms with Crippen molar-refractivity contribution in [2.45, 2.75) is 26.4 Å². The summed E-state index contributed by atoms with van der Waals surface area (Å²) in [5, 5.41) is 0. The first-order valence-electron chi connectivity index (χ1n) is 8.62. The van der Waals surface area contributed by atoms with Gasteiger partial charge in [0.25, 0.3) is 0 Å². The first-order valence-corrected chi connectivity index (χ1v) is 8.62. The van der Waals surface area contributed by atoms with E-state index >= 15 is 0 Å². The van der Waals surface area contributed by atoms with Crippen LogP contribution in [-0.2, 0) is 11.3 Å². The molecular weight excluding hydrogens is 334 g/mol. The third-order valence-electron chi connectivity index (χ3n) is 4.89. The molecule has 0 spiro atoms. The maximum absolute atomic E-state index is 12.2. The van der Waals surface area contributed by atoms with Crippen LogP contribution in [0, 0.1) is 6.92 Å². The molecule has 1 unspecified atom stereocenters. The Morgan fingerprint density at radius 3 is 2.73 bits per heavy atom. The molecular formula is C19H25N3O4. The van der Waals surface area contributed by atoms with Crippen molar-refractivity contribution in [2.24, 2.45) is 0 Å². The van der Waals surface area contributed by atoms with E-state index in [-0.39, 0.29) is 11.9 Å². The lowest BCUT2D eigenvalue weighted by Crippen LogP contribution is -2.53. The summed E-state index contributed by atoms with van der Waals surface area (Å²) >= 11 is 0. The predicted octanol–water partition coefficient (Wildman–Crippen LogP) is 2.33. The third-order valence-corrected chi connectivity index (χ3v) is 4.89. The Hall–Kier alpha value is -2.54. The van der Waals surface area contributed by atoms with Crippen molar-refractivity contribution in [3.8, 4) is 23.0 Å². The number of hydrogen-bond donors (Lipinski definition) is 0. The predicted molar refractivity (Wildman–Crippen MR) is 97.3 cm³/mol. The number of nitrogens with zero attached hydrogens (tertiary/aromatic N) is 3. The summed E-state index contributed by atoms with van der Waals surface area (Å²) in [6.07, 6.45) is 0. The fourth-order valence-electron chi connectivity index (χ4n) is 3.14. The van der Waals surface area contributed by atoms with Crippen LogP contribution < -0.4 is 9.47 Å². The highest BCUT2D eigenvalue weighted by atomic mass is 16.5. The van der Waals surface area contributed by atoms with Gasteiger partial charge in [0.2, 0.25) is 11.8 Å². The van der Waals surface area contributed by atoms with E-state index in [0.29, 0.717) is 23.9 Å². The molecule has 0 bridgehead atoms. The number of carbonyl (C=O) groups excluding carboxylic acids is 1. The standard InChI is InChI=1S/C19H25N3O4/c1-12-19(23)21(3)8-9-22(12)11-16-13(2)26-18(20-16)15-10-14(24-4)6-7-17(15)25-5/h6-7,10,12H,8-9,11H2,1-5H3. The van der Waals surface area contributed by atoms with E-state index in [9.17, 15) is 4.79 Å². The van der Waals surface area contributed by atoms with Crippen molar-refractivity contribution in [3.05, 3.63) is 29.7 Å². The van der Waals surface area contributed by atoms with Crippen LogP contribution >= 0.6 is 0 Å². The van der Waals surface area contributed by atoms with Crippen molar-refractivity contribution in [2.75, 3.05) is 34.4 Å². The zero-order valence-electron chi connectivity index (χ0n) is 15.9. The number of ether oxygens (including phenoxy) is 2. The quantitative estimate of drug-likeness (QED) is 0.816. The molecule has 0 N–H and O–H groups in total. The molecule has 1 aromatic heterocycles. The number of benzene rings is 1. The molecule has 1 atom stereocenters. The highest BCUT2D eigenvalue weighted by Crippen LogP contribution is 2.34. The largest absolute Gasteiger partial charge is 0.497 e. The summed E-state index contributed by atoms with van der Waals surface area (Å²) in [5.74, 6) is 2.73. The minimum Gasteiger partial charge on any atom is -0.497 e. The van der Waals surface area contributed by atoms with Gasteiger partial charge in [0.15, 0.2) is 0 Å². The van der Waals surface area contributed by atoms with Crippen molar-refractivity contribution < 1.29 is 18.7 Å². The number of carbonyl (C=O) groups is 1. The highest BCUT2D eigenvalue weighted by Gasteiger charge is 2.30. The van der Waals surface area contributed by atoms with Gasteiger partial charge in [-0.1, -0.05) is 0 Å². The summed E-state index contributed by atoms with van der Waals surface area (Å²) in [6.45, 7) is 5.92. The van der Waals surface area contributed by atoms with Gasteiger partial charge >= 0.3 is 0 Å². The minimum absolute atomic E-state index is 0.132. The van der Waals surface area contributed by atoms with E-state index in [4.69, 9.17) is 13.9 Å². The lowest BCUT2D eigenvalue weighted by Gasteiger charge is -2.36. The zero-order valence-corrected chi connectivity index (χ0v) is 15.9. The van der Waals surface area contributed by atoms with Gasteiger partial charge in [-0.15, -0.1) is 0 Å². The van der Waals surface area contributed by atoms with Gasteiger partial charge in [-0.3, -0.25) is 9.69 Å². The summed E-state index contributed by atoms with van der Waals surface area (Å²) < 4.78 is 16.6. The zero-order chi connectivity index (χ0) is 18.8. The Labute approximate surface area is 153 Å². The fourth-order valence-corrected chi connectivity index (χ4v) is 3.14. The number of aryl methyl sites for hydroxylation is 1. The van der Waals surface area contributed by atoms with Crippen LogP contribution in [0.4, 0.5) is 0 Å². The molecule has 2 aromatic rings. The first-order chi connectivity index (χ1) is 12.4. The Morgan fingerprint density at radius 1 is 1.27 bits per heavy atom. The molecule has 0 radical (unpaired) electrons. The topological polar surface area (TPSA) is 68.0 Å². The van der Waals surface area contributed by atoms with Gasteiger partial charge in [-0.25, -0.2) is 4.98 Å². The molecule has 0 aliphatic carbocycles. The molecule has 7 heteroatoms. The highest BCUT2D eigenvalue weighted by molar-refractivity contribution is 5.81. The summed E-state index contributed by atoms with van der Waals surface area (Å²) in [4.78, 5) is 20.8. The third kappa shape index (κ3) is 3.39. The van der Waals surface area contributed by atoms with Crippen LogP contribution in [-0.4, -0.2) is 61.1 Å². The lowest BCUT2D eigenvalue weighted by molar-refractivity contribution is -0.139. The molecule has 1 amide bonds. The fraction of sp³-hybridized carbons (Fsp3) is 0.474. The van der Waals surface area contributed by atoms with E-state index in [2.05, 4.69) is 9.88 Å². The van der Waals surface area contributed by atoms with Gasteiger partial charge in [0, 0.05) is 26.7 Å². The van der Waals surface area contributed by atoms with Crippen LogP contribution in [0.25, 0.3) is 11.5 Å². The van der Waals surface area contributed by atoms with E-state index in [1.165, 1.54) is 0 Å². The number of amides is 1. The van der Waals surface area contributed by atoms with Crippen molar-refractivity contribution in [1.82, 2.24) is 14.8 Å². The van der Waals surface area contributed by atoms with Crippen molar-refractivity contribution >= 4 is 5.91 Å². The van der Waals surface area contributed by atoms with Crippen LogP contribution in [0.1, 0.15) is 18.4 Å². The minimum atomic E-state index is -0.167. The second-order valence-electron chi connectivity index (χ2n) is 6.49. The molecule has 1 fully saturated rings. The maximum atomic E-state index is 12.2. The number of piperazine rings is 1. The van der Waals surface area contributed by atoms with E-state index in [0.717, 1.165) is 30.1 Å². The van der Waals surface area contributed by atoms with Crippen molar-refractivity contribution in [1.29, 1.82) is 0 Å². The summed E-state index contributed by atoms with van der Waals surface area (Å²) in [6, 6.07) is 5.33. The molecule has 26 heavy (non-hydrogen) atoms. The summed E-state index contributed by atoms with van der Waals surface area (Å²) in [5.41, 5.74) is 1.57. The smallest absolute Gasteiger partial charge is 0.239 e. The van der Waals surface area contributed by atoms with Crippen LogP contribution in [0.2, 0.25) is 0 Å². The Bertz CT molecular complexity index is 802. The van der Waals surface area contributed by atoms with E-state index in [1.54, 1.807) is 19.1 Å². The molecule has 7 nitrogen and oxygen atoms in total. The number of methoxy groups -OCH3 is 2. The normalized spacial score (nSPS) is 18.3. The van der Waals surface area contributed by atoms with Gasteiger partial charge < -0.3 is 18.8 Å². The van der Waals surface area contributed by atoms with E-state index < -0.39 is 0 Å². The Morgan fingerprint density at radius 2 is 2.04 bits per heavy atom. The average Bonchev–Trinajstić information content (AvgIpc) is 3.02. The Kier molecular flexibility index (Phi) is 5.18. The number of hydrogen-bond acceptors (Lipinski definition) is 6. The van der Waals surface area contributed by atoms with Gasteiger partial charge in [0.05, 0.1) is 31.5 Å². The van der Waals surface area contributed by atoms with Crippen LogP contribution in [0.5, 0.6) is 11.5 Å². The monoisotopic (exact) mass is 359 g/mol. The van der Waals surface area contributed by atoms with Gasteiger partial charge in [0.1, 0.15) is 17.3 Å². The van der Waals surface area contributed by atoms with Gasteiger partial charge in [-0.2, -0.15) is 0 Å². The van der Waals surface area contributed by atoms with Crippen LogP contribution in [0.3, 0.4) is 0 Å². The van der Waals surface area contributed by atoms with E-state index in [1.807, 2.05) is 39.1 Å². The molecule has 3 rings (SSSR count). The molecule has 0 saturated carbocycles. The maximum Gasteiger partial charge on any atom is 0.239 e. The molecule has 1 aromatic carbocycles. The van der Waals surface area contributed by atoms with Crippen LogP contribution in [0.15, 0.2) is 22.6 Å². The molecule has 1 aliphatic heterocycles. The molecule has 140 valence electrons. The SMILES string of the molecule is COc1ccc(OC)c(-c2nc(CN3CCN(C)C(=O)C3C)c(C)o2)c1. The molecule has 1 saturated heterocycles. The summed E-state index contributed by atoms with van der Waals surface area (Å²) in [7, 11) is 5.06. The lowest BCUT2D eigenvalue weighted by atomic mass is 10.1. The average molecular weight is 359 g/mol. The number of likely N-dealkylation sites (N-methyl/N-ethyl adjacent to an activating group) is 1. The number of rotatable bonds is 5. The Balaban J connectivity index is 1.87. The molecule has 2 heterocycles. The second-order valence-corrected chi connectivity index (χ2v) is 6.49. The van der Waals surface area contributed by atoms with Crippen molar-refractivity contribution in [3.63, 3.8) is 0 Å². The molecule has 1 aliphatic rings. The first kappa shape index (κ1) is 18.3. The van der Waals surface area contributed by atoms with Gasteiger partial charge in [-0.05, 0) is 32.0 Å². The number of aromatic nitrogens is 1.